The highest BCUT2D eigenvalue weighted by Crippen LogP contribution is 2.30. The van der Waals surface area contributed by atoms with Crippen molar-refractivity contribution in [2.24, 2.45) is 11.8 Å². The van der Waals surface area contributed by atoms with Gasteiger partial charge in [-0.25, -0.2) is 0 Å². The molecule has 2 heterocycles. The monoisotopic (exact) mass is 903 g/mol. The van der Waals surface area contributed by atoms with Gasteiger partial charge in [0.2, 0.25) is 0 Å². The number of unbranched alkanes of at least 4 members (excludes halogenated alkanes) is 20. The smallest absolute Gasteiger partial charge is 0.306 e. The van der Waals surface area contributed by atoms with Crippen LogP contribution in [0.4, 0.5) is 0 Å². The SMILES string of the molecule is CCCCCCCCC(CCCCCCCC)CC(=O)OC[C@H]1O[C@H](O[C@H]2O[C@H](COC(=O)CC(CCCCCCCC)CCCCCCCC)[C@@H](O)[C@H](O)[C@H]2O)[C@H](O)[C@@H](O)[C@@H]1O. The van der Waals surface area contributed by atoms with Crippen LogP contribution in [0.5, 0.6) is 0 Å². The Balaban J connectivity index is 1.97. The van der Waals surface area contributed by atoms with Gasteiger partial charge in [0.1, 0.15) is 62.0 Å². The lowest BCUT2D eigenvalue weighted by atomic mass is 9.91. The van der Waals surface area contributed by atoms with Gasteiger partial charge < -0.3 is 54.3 Å². The van der Waals surface area contributed by atoms with E-state index in [1.54, 1.807) is 0 Å². The normalized spacial score (nSPS) is 26.4. The molecule has 0 unspecified atom stereocenters. The van der Waals surface area contributed by atoms with Crippen LogP contribution in [0.2, 0.25) is 0 Å². The van der Waals surface area contributed by atoms with Gasteiger partial charge in [-0.15, -0.1) is 0 Å². The third kappa shape index (κ3) is 24.3. The Bertz CT molecular complexity index is 1010. The summed E-state index contributed by atoms with van der Waals surface area (Å²) in [4.78, 5) is 26.3. The number of aliphatic hydroxyl groups is 6. The Morgan fingerprint density at radius 1 is 0.397 bits per heavy atom. The molecule has 2 rings (SSSR count). The summed E-state index contributed by atoms with van der Waals surface area (Å²) in [6.45, 7) is 7.95. The van der Waals surface area contributed by atoms with Gasteiger partial charge >= 0.3 is 11.9 Å². The second-order valence-corrected chi connectivity index (χ2v) is 18.9. The molecule has 0 aromatic rings. The average molecular weight is 903 g/mol. The fourth-order valence-electron chi connectivity index (χ4n) is 8.96. The standard InChI is InChI=1S/C50H94O13/c1-5-9-13-17-21-25-29-37(30-26-22-18-14-10-6-2)33-41(51)59-35-39-43(53)45(55)47(57)49(61-39)63-50-48(58)46(56)44(54)40(62-50)36-60-42(52)34-38(31-27-23-19-15-11-7-3)32-28-24-20-16-12-8-4/h37-40,43-50,53-58H,5-36H2,1-4H3/t39-,40-,43-,44-,45+,46+,47-,48-,49-,50-/m1/s1. The molecule has 0 aliphatic carbocycles. The van der Waals surface area contributed by atoms with Crippen LogP contribution in [0.3, 0.4) is 0 Å². The van der Waals surface area contributed by atoms with Crippen LogP contribution < -0.4 is 0 Å². The highest BCUT2D eigenvalue weighted by atomic mass is 16.8. The van der Waals surface area contributed by atoms with E-state index in [0.717, 1.165) is 77.0 Å². The molecule has 0 aromatic carbocycles. The summed E-state index contributed by atoms with van der Waals surface area (Å²) in [7, 11) is 0. The molecule has 0 spiro atoms. The van der Waals surface area contributed by atoms with Crippen LogP contribution in [0.25, 0.3) is 0 Å². The van der Waals surface area contributed by atoms with Gasteiger partial charge in [0.15, 0.2) is 12.6 Å². The van der Waals surface area contributed by atoms with Crippen LogP contribution in [-0.2, 0) is 33.3 Å². The zero-order valence-corrected chi connectivity index (χ0v) is 40.1. The van der Waals surface area contributed by atoms with Crippen LogP contribution in [0.15, 0.2) is 0 Å². The molecule has 372 valence electrons. The van der Waals surface area contributed by atoms with E-state index in [0.29, 0.717) is 0 Å². The molecule has 0 aromatic heterocycles. The maximum Gasteiger partial charge on any atom is 0.306 e. The van der Waals surface area contributed by atoms with Crippen LogP contribution in [0, 0.1) is 11.8 Å². The zero-order valence-electron chi connectivity index (χ0n) is 40.1. The highest BCUT2D eigenvalue weighted by molar-refractivity contribution is 5.70. The maximum absolute atomic E-state index is 13.1. The van der Waals surface area contributed by atoms with Gasteiger partial charge in [0, 0.05) is 12.8 Å². The minimum Gasteiger partial charge on any atom is -0.463 e. The van der Waals surface area contributed by atoms with E-state index in [1.807, 2.05) is 0 Å². The lowest BCUT2D eigenvalue weighted by Gasteiger charge is -2.44. The van der Waals surface area contributed by atoms with Crippen molar-refractivity contribution in [1.82, 2.24) is 0 Å². The van der Waals surface area contributed by atoms with Crippen molar-refractivity contribution in [1.29, 1.82) is 0 Å². The lowest BCUT2D eigenvalue weighted by Crippen LogP contribution is -2.64. The van der Waals surface area contributed by atoms with Gasteiger partial charge in [-0.1, -0.05) is 182 Å². The quantitative estimate of drug-likeness (QED) is 0.0254. The first-order valence-corrected chi connectivity index (χ1v) is 25.8. The lowest BCUT2D eigenvalue weighted by molar-refractivity contribution is -0.376. The van der Waals surface area contributed by atoms with Crippen molar-refractivity contribution in [3.8, 4) is 0 Å². The third-order valence-corrected chi connectivity index (χ3v) is 13.2. The second kappa shape index (κ2) is 35.7. The van der Waals surface area contributed by atoms with Crippen molar-refractivity contribution in [3.63, 3.8) is 0 Å². The Kier molecular flexibility index (Phi) is 32.7. The molecule has 2 saturated heterocycles. The minimum atomic E-state index is -1.81. The molecule has 13 heteroatoms. The molecule has 10 atom stereocenters. The largest absolute Gasteiger partial charge is 0.463 e. The molecule has 0 saturated carbocycles. The molecule has 2 aliphatic heterocycles. The summed E-state index contributed by atoms with van der Waals surface area (Å²) < 4.78 is 28.5. The van der Waals surface area contributed by atoms with E-state index in [2.05, 4.69) is 27.7 Å². The molecular formula is C50H94O13. The number of aliphatic hydroxyl groups excluding tert-OH is 6. The van der Waals surface area contributed by atoms with Crippen LogP contribution >= 0.6 is 0 Å². The molecule has 0 amide bonds. The van der Waals surface area contributed by atoms with E-state index in [9.17, 15) is 40.2 Å². The van der Waals surface area contributed by atoms with Crippen molar-refractivity contribution < 1.29 is 63.9 Å². The number of carbonyl (C=O) groups excluding carboxylic acids is 2. The minimum absolute atomic E-state index is 0.172. The van der Waals surface area contributed by atoms with Crippen LogP contribution in [0.1, 0.15) is 220 Å². The van der Waals surface area contributed by atoms with Gasteiger partial charge in [-0.3, -0.25) is 9.59 Å². The Hall–Kier alpha value is -1.42. The Morgan fingerprint density at radius 2 is 0.667 bits per heavy atom. The Labute approximate surface area is 381 Å². The summed E-state index contributed by atoms with van der Waals surface area (Å²) in [5.74, 6) is -0.540. The maximum atomic E-state index is 13.1. The van der Waals surface area contributed by atoms with E-state index < -0.39 is 86.6 Å². The summed E-state index contributed by atoms with van der Waals surface area (Å²) >= 11 is 0. The zero-order chi connectivity index (χ0) is 46.2. The summed E-state index contributed by atoms with van der Waals surface area (Å²) in [6, 6.07) is 0. The molecular weight excluding hydrogens is 809 g/mol. The molecule has 2 fully saturated rings. The molecule has 6 N–H and O–H groups in total. The van der Waals surface area contributed by atoms with Gasteiger partial charge in [0.05, 0.1) is 0 Å². The van der Waals surface area contributed by atoms with Gasteiger partial charge in [-0.2, -0.15) is 0 Å². The fraction of sp³-hybridized carbons (Fsp3) is 0.960. The molecule has 63 heavy (non-hydrogen) atoms. The number of carbonyl (C=O) groups is 2. The number of hydrogen-bond acceptors (Lipinski definition) is 13. The van der Waals surface area contributed by atoms with E-state index in [1.165, 1.54) is 103 Å². The van der Waals surface area contributed by atoms with Gasteiger partial charge in [0.25, 0.3) is 0 Å². The molecule has 0 bridgehead atoms. The number of esters is 2. The van der Waals surface area contributed by atoms with Gasteiger partial charge in [-0.05, 0) is 37.5 Å². The number of hydrogen-bond donors (Lipinski definition) is 6. The fourth-order valence-corrected chi connectivity index (χ4v) is 8.96. The predicted octanol–water partition coefficient (Wildman–Crippen LogP) is 8.72. The molecule has 2 aliphatic rings. The van der Waals surface area contributed by atoms with Crippen molar-refractivity contribution >= 4 is 11.9 Å². The number of ether oxygens (including phenoxy) is 5. The predicted molar refractivity (Wildman–Crippen MR) is 245 cm³/mol. The first kappa shape index (κ1) is 57.7. The molecule has 13 nitrogen and oxygen atoms in total. The summed E-state index contributed by atoms with van der Waals surface area (Å²) in [5.41, 5.74) is 0. The first-order chi connectivity index (χ1) is 30.5. The van der Waals surface area contributed by atoms with E-state index in [4.69, 9.17) is 23.7 Å². The summed E-state index contributed by atoms with van der Waals surface area (Å²) in [5, 5.41) is 64.8. The number of rotatable bonds is 38. The van der Waals surface area contributed by atoms with Crippen molar-refractivity contribution in [3.05, 3.63) is 0 Å². The Morgan fingerprint density at radius 3 is 0.952 bits per heavy atom. The van der Waals surface area contributed by atoms with Crippen LogP contribution in [-0.4, -0.2) is 117 Å². The third-order valence-electron chi connectivity index (χ3n) is 13.2. The molecule has 0 radical (unpaired) electrons. The first-order valence-electron chi connectivity index (χ1n) is 25.8. The van der Waals surface area contributed by atoms with E-state index in [-0.39, 0.29) is 24.7 Å². The van der Waals surface area contributed by atoms with Crippen molar-refractivity contribution in [2.45, 2.75) is 282 Å². The second-order valence-electron chi connectivity index (χ2n) is 18.9. The topological polar surface area (TPSA) is 202 Å². The van der Waals surface area contributed by atoms with Crippen molar-refractivity contribution in [2.75, 3.05) is 13.2 Å². The average Bonchev–Trinajstić information content (AvgIpc) is 3.27. The summed E-state index contributed by atoms with van der Waals surface area (Å²) in [6.07, 6.45) is 15.9. The van der Waals surface area contributed by atoms with E-state index >= 15 is 0 Å². The highest BCUT2D eigenvalue weighted by Gasteiger charge is 2.50.